The molecule has 54 heavy (non-hydrogen) atoms. The number of aliphatic hydroxyl groups is 1. The van der Waals surface area contributed by atoms with E-state index in [2.05, 4.69) is 32.3 Å². The lowest BCUT2D eigenvalue weighted by molar-refractivity contribution is -0.116. The Labute approximate surface area is 316 Å². The van der Waals surface area contributed by atoms with E-state index in [4.69, 9.17) is 4.74 Å². The van der Waals surface area contributed by atoms with Gasteiger partial charge in [0.2, 0.25) is 21.3 Å². The lowest BCUT2D eigenvalue weighted by Gasteiger charge is -2.42. The van der Waals surface area contributed by atoms with Crippen LogP contribution in [0.2, 0.25) is 0 Å². The molecule has 13 heteroatoms. The lowest BCUT2D eigenvalue weighted by atomic mass is 9.93. The number of aliphatic hydroxyl groups excluding tert-OH is 1. The van der Waals surface area contributed by atoms with E-state index in [1.807, 2.05) is 12.1 Å². The summed E-state index contributed by atoms with van der Waals surface area (Å²) in [6.45, 7) is 7.11. The van der Waals surface area contributed by atoms with Crippen LogP contribution in [0.25, 0.3) is 10.9 Å². The quantitative estimate of drug-likeness (QED) is 0.0841. The van der Waals surface area contributed by atoms with E-state index < -0.39 is 15.9 Å². The van der Waals surface area contributed by atoms with Gasteiger partial charge in [0.1, 0.15) is 11.5 Å². The van der Waals surface area contributed by atoms with Crippen LogP contribution in [0.5, 0.6) is 11.5 Å². The highest BCUT2D eigenvalue weighted by atomic mass is 32.2. The highest BCUT2D eigenvalue weighted by Gasteiger charge is 2.28. The first kappa shape index (κ1) is 39.0. The summed E-state index contributed by atoms with van der Waals surface area (Å²) in [7, 11) is -3.75. The van der Waals surface area contributed by atoms with Crippen molar-refractivity contribution in [3.8, 4) is 11.5 Å². The number of amides is 1. The van der Waals surface area contributed by atoms with Crippen molar-refractivity contribution in [1.82, 2.24) is 25.4 Å². The van der Waals surface area contributed by atoms with Crippen molar-refractivity contribution in [2.45, 2.75) is 73.4 Å². The first-order valence-electron chi connectivity index (χ1n) is 18.9. The number of phenolic OH excluding ortho intramolecular Hbond substituents is 1. The number of nitrogens with one attached hydrogen (secondary N) is 3. The lowest BCUT2D eigenvalue weighted by Crippen LogP contribution is -2.51. The number of carbonyl (C=O) groups is 1. The summed E-state index contributed by atoms with van der Waals surface area (Å²) in [5.41, 5.74) is 1.50. The van der Waals surface area contributed by atoms with Crippen molar-refractivity contribution in [2.75, 3.05) is 45.9 Å². The molecule has 1 aliphatic carbocycles. The van der Waals surface area contributed by atoms with Gasteiger partial charge in [0, 0.05) is 75.1 Å². The van der Waals surface area contributed by atoms with Gasteiger partial charge in [0.25, 0.3) is 0 Å². The smallest absolute Gasteiger partial charge is 0.248 e. The van der Waals surface area contributed by atoms with Gasteiger partial charge in [-0.15, -0.1) is 0 Å². The van der Waals surface area contributed by atoms with Gasteiger partial charge in [-0.25, -0.2) is 8.42 Å². The van der Waals surface area contributed by atoms with Gasteiger partial charge in [-0.3, -0.25) is 19.4 Å². The number of piperazine rings is 1. The van der Waals surface area contributed by atoms with Crippen LogP contribution in [0.1, 0.15) is 68.7 Å². The molecule has 1 amide bonds. The van der Waals surface area contributed by atoms with Gasteiger partial charge in [0.05, 0.1) is 28.0 Å². The SMILES string of the molecule is C[C@@H](c1ccc(S(=O)(=O)c2cccc(OCCCNC(=O)C=CNC[C@H](O)c3ccc(O)c4[nH]c(=O)ccc34)c2)cc1)N1CCN(C2CCCCC2)CC1. The van der Waals surface area contributed by atoms with Crippen LogP contribution < -0.4 is 20.9 Å². The molecule has 3 aromatic carbocycles. The number of hydrogen-bond donors (Lipinski definition) is 5. The van der Waals surface area contributed by atoms with Gasteiger partial charge >= 0.3 is 0 Å². The molecule has 288 valence electrons. The highest BCUT2D eigenvalue weighted by Crippen LogP contribution is 2.30. The van der Waals surface area contributed by atoms with Crippen molar-refractivity contribution in [3.05, 3.63) is 107 Å². The van der Waals surface area contributed by atoms with Crippen LogP contribution in [-0.2, 0) is 14.6 Å². The Hall–Kier alpha value is -4.69. The number of ether oxygens (including phenoxy) is 1. The van der Waals surface area contributed by atoms with Gasteiger partial charge in [0.15, 0.2) is 0 Å². The van der Waals surface area contributed by atoms with Crippen LogP contribution in [0.3, 0.4) is 0 Å². The zero-order valence-corrected chi connectivity index (χ0v) is 31.6. The number of H-pyrrole nitrogens is 1. The monoisotopic (exact) mass is 757 g/mol. The maximum absolute atomic E-state index is 13.5. The van der Waals surface area contributed by atoms with Gasteiger partial charge in [-0.05, 0) is 79.8 Å². The van der Waals surface area contributed by atoms with Gasteiger partial charge < -0.3 is 30.6 Å². The molecule has 0 bridgehead atoms. The third-order valence-electron chi connectivity index (χ3n) is 10.6. The number of benzene rings is 3. The van der Waals surface area contributed by atoms with Crippen LogP contribution in [0.15, 0.2) is 99.7 Å². The van der Waals surface area contributed by atoms with Crippen molar-refractivity contribution in [2.24, 2.45) is 0 Å². The van der Waals surface area contributed by atoms with E-state index >= 15 is 0 Å². The van der Waals surface area contributed by atoms with Crippen LogP contribution in [0, 0.1) is 0 Å². The van der Waals surface area contributed by atoms with Crippen LogP contribution in [-0.4, -0.2) is 91.2 Å². The number of sulfone groups is 1. The fraction of sp³-hybridized carbons (Fsp3) is 0.415. The average molecular weight is 758 g/mol. The average Bonchev–Trinajstić information content (AvgIpc) is 3.20. The number of pyridine rings is 1. The molecular weight excluding hydrogens is 707 g/mol. The Bertz CT molecular complexity index is 2070. The van der Waals surface area contributed by atoms with Crippen LogP contribution in [0.4, 0.5) is 0 Å². The third kappa shape index (κ3) is 9.69. The third-order valence-corrected chi connectivity index (χ3v) is 12.4. The molecule has 1 aliphatic heterocycles. The largest absolute Gasteiger partial charge is 0.506 e. The van der Waals surface area contributed by atoms with Gasteiger partial charge in [-0.2, -0.15) is 0 Å². The Morgan fingerprint density at radius 1 is 0.981 bits per heavy atom. The Balaban J connectivity index is 0.914. The number of phenols is 1. The summed E-state index contributed by atoms with van der Waals surface area (Å²) in [6, 6.07) is 20.5. The number of rotatable bonds is 15. The van der Waals surface area contributed by atoms with E-state index in [1.54, 1.807) is 36.4 Å². The highest BCUT2D eigenvalue weighted by molar-refractivity contribution is 7.91. The second kappa shape index (κ2) is 18.1. The maximum atomic E-state index is 13.5. The molecule has 0 spiro atoms. The summed E-state index contributed by atoms with van der Waals surface area (Å²) in [6.07, 6.45) is 8.97. The number of hydrogen-bond acceptors (Lipinski definition) is 10. The molecular formula is C41H51N5O7S. The minimum Gasteiger partial charge on any atom is -0.506 e. The van der Waals surface area contributed by atoms with E-state index in [0.29, 0.717) is 29.7 Å². The summed E-state index contributed by atoms with van der Waals surface area (Å²) in [5.74, 6) is -0.00369. The zero-order chi connectivity index (χ0) is 38.1. The van der Waals surface area contributed by atoms with E-state index in [1.165, 1.54) is 68.6 Å². The molecule has 2 heterocycles. The molecule has 1 saturated carbocycles. The Morgan fingerprint density at radius 2 is 1.74 bits per heavy atom. The van der Waals surface area contributed by atoms with E-state index in [9.17, 15) is 28.2 Å². The summed E-state index contributed by atoms with van der Waals surface area (Å²) in [4.78, 5) is 32.0. The topological polar surface area (TPSA) is 164 Å². The number of nitrogens with zero attached hydrogens (tertiary/aromatic N) is 2. The maximum Gasteiger partial charge on any atom is 0.248 e. The summed E-state index contributed by atoms with van der Waals surface area (Å²) >= 11 is 0. The summed E-state index contributed by atoms with van der Waals surface area (Å²) < 4.78 is 32.9. The zero-order valence-electron chi connectivity index (χ0n) is 30.7. The first-order chi connectivity index (χ1) is 26.1. The molecule has 1 aromatic heterocycles. The molecule has 1 saturated heterocycles. The second-order valence-electron chi connectivity index (χ2n) is 14.1. The number of aromatic hydroxyl groups is 1. The molecule has 6 rings (SSSR count). The minimum atomic E-state index is -3.75. The van der Waals surface area contributed by atoms with Gasteiger partial charge in [-0.1, -0.05) is 43.5 Å². The second-order valence-corrected chi connectivity index (χ2v) is 16.1. The standard InChI is InChI=1S/C41H51N5O7S/c1-29(45-22-24-46(25-23-45)31-7-3-2-4-8-31)30-11-13-33(14-12-30)54(51,52)34-10-5-9-32(27-34)53-26-6-20-43-39(49)19-21-42-28-38(48)35-15-17-37(47)41-36(35)16-18-40(50)44-41/h5,9-19,21,27,29,31,38,42,47-48H,2-4,6-8,20,22-26,28H2,1H3,(H,43,49)(H,44,50)/t29-,38-/m0/s1. The molecule has 12 nitrogen and oxygen atoms in total. The van der Waals surface area contributed by atoms with E-state index in [0.717, 1.165) is 37.8 Å². The molecule has 2 aliphatic rings. The van der Waals surface area contributed by atoms with Crippen LogP contribution >= 0.6 is 0 Å². The molecule has 2 atom stereocenters. The fourth-order valence-electron chi connectivity index (χ4n) is 7.45. The van der Waals surface area contributed by atoms with Crippen molar-refractivity contribution in [3.63, 3.8) is 0 Å². The van der Waals surface area contributed by atoms with E-state index in [-0.39, 0.29) is 51.7 Å². The molecule has 0 unspecified atom stereocenters. The number of carbonyl (C=O) groups excluding carboxylic acids is 1. The molecule has 2 fully saturated rings. The normalized spacial score (nSPS) is 17.4. The number of fused-ring (bicyclic) bond motifs is 1. The van der Waals surface area contributed by atoms with Crippen molar-refractivity contribution >= 4 is 26.6 Å². The Morgan fingerprint density at radius 3 is 2.50 bits per heavy atom. The predicted molar refractivity (Wildman–Crippen MR) is 208 cm³/mol. The van der Waals surface area contributed by atoms with Crippen molar-refractivity contribution < 1.29 is 28.2 Å². The molecule has 0 radical (unpaired) electrons. The Kier molecular flexibility index (Phi) is 13.1. The summed E-state index contributed by atoms with van der Waals surface area (Å²) in [5, 5.41) is 26.8. The first-order valence-corrected chi connectivity index (χ1v) is 20.4. The number of aromatic nitrogens is 1. The molecule has 5 N–H and O–H groups in total. The van der Waals surface area contributed by atoms with Crippen molar-refractivity contribution in [1.29, 1.82) is 0 Å². The molecule has 4 aromatic rings. The number of aromatic amines is 1. The minimum absolute atomic E-state index is 0.0913. The predicted octanol–water partition coefficient (Wildman–Crippen LogP) is 4.80. The fourth-order valence-corrected chi connectivity index (χ4v) is 8.74.